The standard InChI is InChI=1S/C15H19NO3/c1-4-16-8-11(9-19-10(2)3)12-6-5-7-13(14(12)16)15(17)18/h5-8,10H,4,9H2,1-3H3,(H,17,18). The Bertz CT molecular complexity index is 599. The van der Waals surface area contributed by atoms with Crippen molar-refractivity contribution in [2.75, 3.05) is 0 Å². The molecular weight excluding hydrogens is 242 g/mol. The van der Waals surface area contributed by atoms with E-state index in [1.54, 1.807) is 12.1 Å². The molecule has 0 aliphatic heterocycles. The van der Waals surface area contributed by atoms with Crippen LogP contribution in [0.25, 0.3) is 10.9 Å². The lowest BCUT2D eigenvalue weighted by Gasteiger charge is -2.06. The summed E-state index contributed by atoms with van der Waals surface area (Å²) >= 11 is 0. The fourth-order valence-electron chi connectivity index (χ4n) is 2.23. The zero-order chi connectivity index (χ0) is 14.0. The molecule has 1 aromatic carbocycles. The number of carboxylic acid groups (broad SMARTS) is 1. The van der Waals surface area contributed by atoms with Crippen molar-refractivity contribution in [3.63, 3.8) is 0 Å². The maximum absolute atomic E-state index is 11.3. The number of carboxylic acids is 1. The van der Waals surface area contributed by atoms with Crippen LogP contribution in [0.3, 0.4) is 0 Å². The van der Waals surface area contributed by atoms with Gasteiger partial charge in [0.25, 0.3) is 0 Å². The first-order valence-corrected chi connectivity index (χ1v) is 6.50. The number of fused-ring (bicyclic) bond motifs is 1. The largest absolute Gasteiger partial charge is 0.478 e. The number of ether oxygens (including phenoxy) is 1. The molecule has 1 N–H and O–H groups in total. The van der Waals surface area contributed by atoms with Crippen LogP contribution in [0.2, 0.25) is 0 Å². The van der Waals surface area contributed by atoms with Gasteiger partial charge in [-0.1, -0.05) is 12.1 Å². The minimum absolute atomic E-state index is 0.155. The summed E-state index contributed by atoms with van der Waals surface area (Å²) in [5.41, 5.74) is 2.16. The Morgan fingerprint density at radius 1 is 1.42 bits per heavy atom. The third kappa shape index (κ3) is 2.63. The number of benzene rings is 1. The van der Waals surface area contributed by atoms with Crippen LogP contribution in [0.1, 0.15) is 36.7 Å². The van der Waals surface area contributed by atoms with Crippen molar-refractivity contribution in [3.05, 3.63) is 35.5 Å². The first-order chi connectivity index (χ1) is 9.04. The number of carbonyl (C=O) groups is 1. The second kappa shape index (κ2) is 5.45. The summed E-state index contributed by atoms with van der Waals surface area (Å²) in [7, 11) is 0. The predicted molar refractivity (Wildman–Crippen MR) is 74.5 cm³/mol. The van der Waals surface area contributed by atoms with Crippen molar-refractivity contribution < 1.29 is 14.6 Å². The molecule has 102 valence electrons. The predicted octanol–water partition coefficient (Wildman–Crippen LogP) is 3.28. The topological polar surface area (TPSA) is 51.5 Å². The van der Waals surface area contributed by atoms with Crippen LogP contribution < -0.4 is 0 Å². The molecule has 0 unspecified atom stereocenters. The quantitative estimate of drug-likeness (QED) is 0.898. The average molecular weight is 261 g/mol. The summed E-state index contributed by atoms with van der Waals surface area (Å²) in [4.78, 5) is 11.3. The van der Waals surface area contributed by atoms with Crippen molar-refractivity contribution in [3.8, 4) is 0 Å². The lowest BCUT2D eigenvalue weighted by molar-refractivity contribution is 0.0662. The molecule has 2 aromatic rings. The van der Waals surface area contributed by atoms with Gasteiger partial charge in [0, 0.05) is 23.7 Å². The Hall–Kier alpha value is -1.81. The van der Waals surface area contributed by atoms with E-state index in [1.165, 1.54) is 0 Å². The number of nitrogens with zero attached hydrogens (tertiary/aromatic N) is 1. The number of rotatable bonds is 5. The van der Waals surface area contributed by atoms with Crippen molar-refractivity contribution in [2.45, 2.75) is 40.0 Å². The van der Waals surface area contributed by atoms with Gasteiger partial charge in [0.05, 0.1) is 23.8 Å². The molecule has 0 aliphatic rings. The first-order valence-electron chi connectivity index (χ1n) is 6.50. The summed E-state index contributed by atoms with van der Waals surface area (Å²) in [5, 5.41) is 10.2. The van der Waals surface area contributed by atoms with Crippen molar-refractivity contribution >= 4 is 16.9 Å². The summed E-state index contributed by atoms with van der Waals surface area (Å²) in [6, 6.07) is 5.38. The molecule has 0 saturated carbocycles. The highest BCUT2D eigenvalue weighted by atomic mass is 16.5. The van der Waals surface area contributed by atoms with E-state index in [0.717, 1.165) is 23.0 Å². The molecule has 0 fully saturated rings. The van der Waals surface area contributed by atoms with Gasteiger partial charge in [-0.15, -0.1) is 0 Å². The zero-order valence-corrected chi connectivity index (χ0v) is 11.5. The number of aromatic nitrogens is 1. The fraction of sp³-hybridized carbons (Fsp3) is 0.400. The van der Waals surface area contributed by atoms with Crippen LogP contribution in [-0.4, -0.2) is 21.7 Å². The second-order valence-electron chi connectivity index (χ2n) is 4.81. The van der Waals surface area contributed by atoms with E-state index in [9.17, 15) is 9.90 Å². The molecule has 2 rings (SSSR count). The Labute approximate surface area is 112 Å². The number of aromatic carboxylic acids is 1. The van der Waals surface area contributed by atoms with Gasteiger partial charge in [-0.25, -0.2) is 4.79 Å². The van der Waals surface area contributed by atoms with Crippen LogP contribution in [0.4, 0.5) is 0 Å². The molecule has 4 nitrogen and oxygen atoms in total. The summed E-state index contributed by atoms with van der Waals surface area (Å²) in [6.07, 6.45) is 2.14. The molecule has 0 spiro atoms. The van der Waals surface area contributed by atoms with Gasteiger partial charge in [-0.05, 0) is 26.8 Å². The van der Waals surface area contributed by atoms with E-state index in [2.05, 4.69) is 0 Å². The summed E-state index contributed by atoms with van der Waals surface area (Å²) < 4.78 is 7.60. The van der Waals surface area contributed by atoms with Gasteiger partial charge in [0.2, 0.25) is 0 Å². The van der Waals surface area contributed by atoms with Crippen LogP contribution >= 0.6 is 0 Å². The fourth-order valence-corrected chi connectivity index (χ4v) is 2.23. The van der Waals surface area contributed by atoms with E-state index < -0.39 is 5.97 Å². The van der Waals surface area contributed by atoms with Gasteiger partial charge in [-0.3, -0.25) is 0 Å². The molecule has 4 heteroatoms. The highest BCUT2D eigenvalue weighted by Gasteiger charge is 2.15. The minimum Gasteiger partial charge on any atom is -0.478 e. The molecule has 0 bridgehead atoms. The van der Waals surface area contributed by atoms with E-state index >= 15 is 0 Å². The normalized spacial score (nSPS) is 11.4. The molecule has 0 atom stereocenters. The number of hydrogen-bond acceptors (Lipinski definition) is 2. The highest BCUT2D eigenvalue weighted by molar-refractivity contribution is 6.03. The van der Waals surface area contributed by atoms with Crippen LogP contribution in [-0.2, 0) is 17.9 Å². The lowest BCUT2D eigenvalue weighted by Crippen LogP contribution is -2.01. The smallest absolute Gasteiger partial charge is 0.337 e. The third-order valence-corrected chi connectivity index (χ3v) is 3.12. The van der Waals surface area contributed by atoms with Crippen molar-refractivity contribution in [1.82, 2.24) is 4.57 Å². The summed E-state index contributed by atoms with van der Waals surface area (Å²) in [6.45, 7) is 7.22. The van der Waals surface area contributed by atoms with Crippen LogP contribution in [0.15, 0.2) is 24.4 Å². The van der Waals surface area contributed by atoms with Gasteiger partial charge in [-0.2, -0.15) is 0 Å². The molecule has 19 heavy (non-hydrogen) atoms. The van der Waals surface area contributed by atoms with Gasteiger partial charge in [0.15, 0.2) is 0 Å². The van der Waals surface area contributed by atoms with E-state index in [-0.39, 0.29) is 6.10 Å². The van der Waals surface area contributed by atoms with Gasteiger partial charge in [0.1, 0.15) is 0 Å². The van der Waals surface area contributed by atoms with Crippen LogP contribution in [0.5, 0.6) is 0 Å². The average Bonchev–Trinajstić information content (AvgIpc) is 2.74. The Morgan fingerprint density at radius 3 is 2.74 bits per heavy atom. The van der Waals surface area contributed by atoms with Gasteiger partial charge < -0.3 is 14.4 Å². The Balaban J connectivity index is 2.56. The second-order valence-corrected chi connectivity index (χ2v) is 4.81. The zero-order valence-electron chi connectivity index (χ0n) is 11.5. The van der Waals surface area contributed by atoms with Gasteiger partial charge >= 0.3 is 5.97 Å². The van der Waals surface area contributed by atoms with Crippen molar-refractivity contribution in [2.24, 2.45) is 0 Å². The highest BCUT2D eigenvalue weighted by Crippen LogP contribution is 2.26. The maximum Gasteiger partial charge on any atom is 0.337 e. The molecular formula is C15H19NO3. The number of para-hydroxylation sites is 1. The summed E-state index contributed by atoms with van der Waals surface area (Å²) in [5.74, 6) is -0.894. The number of aryl methyl sites for hydroxylation is 1. The minimum atomic E-state index is -0.894. The first kappa shape index (κ1) is 13.6. The SMILES string of the molecule is CCn1cc(COC(C)C)c2cccc(C(=O)O)c21. The Morgan fingerprint density at radius 2 is 2.16 bits per heavy atom. The molecule has 0 saturated heterocycles. The molecule has 1 heterocycles. The third-order valence-electron chi connectivity index (χ3n) is 3.12. The molecule has 0 amide bonds. The lowest BCUT2D eigenvalue weighted by atomic mass is 10.1. The number of hydrogen-bond donors (Lipinski definition) is 1. The van der Waals surface area contributed by atoms with E-state index in [1.807, 2.05) is 37.6 Å². The maximum atomic E-state index is 11.3. The van der Waals surface area contributed by atoms with Crippen molar-refractivity contribution in [1.29, 1.82) is 0 Å². The van der Waals surface area contributed by atoms with Crippen LogP contribution in [0, 0.1) is 0 Å². The molecule has 0 aliphatic carbocycles. The van der Waals surface area contributed by atoms with E-state index in [0.29, 0.717) is 12.2 Å². The monoisotopic (exact) mass is 261 g/mol. The molecule has 0 radical (unpaired) electrons. The van der Waals surface area contributed by atoms with E-state index in [4.69, 9.17) is 4.74 Å². The molecule has 1 aromatic heterocycles. The Kier molecular flexibility index (Phi) is 3.90.